The molecule has 0 aromatic rings. The van der Waals surface area contributed by atoms with E-state index in [0.29, 0.717) is 6.04 Å². The number of methoxy groups -OCH3 is 1. The van der Waals surface area contributed by atoms with Gasteiger partial charge in [0, 0.05) is 12.6 Å². The Balaban J connectivity index is 2.46. The van der Waals surface area contributed by atoms with Crippen LogP contribution in [0.1, 0.15) is 45.4 Å². The van der Waals surface area contributed by atoms with E-state index in [1.54, 1.807) is 0 Å². The zero-order chi connectivity index (χ0) is 10.4. The molecule has 0 saturated heterocycles. The first-order chi connectivity index (χ1) is 6.79. The van der Waals surface area contributed by atoms with Gasteiger partial charge >= 0.3 is 6.09 Å². The van der Waals surface area contributed by atoms with Crippen molar-refractivity contribution in [2.24, 2.45) is 0 Å². The summed E-state index contributed by atoms with van der Waals surface area (Å²) in [5.41, 5.74) is 0. The van der Waals surface area contributed by atoms with Gasteiger partial charge in [-0.1, -0.05) is 26.2 Å². The molecule has 0 aliphatic heterocycles. The average molecular weight is 199 g/mol. The summed E-state index contributed by atoms with van der Waals surface area (Å²) >= 11 is 0. The van der Waals surface area contributed by atoms with E-state index in [-0.39, 0.29) is 6.09 Å². The highest BCUT2D eigenvalue weighted by atomic mass is 16.5. The highest BCUT2D eigenvalue weighted by Gasteiger charge is 2.26. The lowest BCUT2D eigenvalue weighted by Crippen LogP contribution is -2.39. The van der Waals surface area contributed by atoms with Gasteiger partial charge in [0.2, 0.25) is 0 Å². The van der Waals surface area contributed by atoms with Crippen LogP contribution in [-0.4, -0.2) is 30.7 Å². The van der Waals surface area contributed by atoms with Gasteiger partial charge in [-0.05, 0) is 19.3 Å². The molecule has 0 aromatic carbocycles. The fourth-order valence-electron chi connectivity index (χ4n) is 2.08. The van der Waals surface area contributed by atoms with Gasteiger partial charge in [0.1, 0.15) is 0 Å². The number of amides is 1. The first kappa shape index (κ1) is 11.3. The summed E-state index contributed by atoms with van der Waals surface area (Å²) in [6.07, 6.45) is 6.86. The van der Waals surface area contributed by atoms with Crippen molar-refractivity contribution in [2.75, 3.05) is 13.7 Å². The minimum Gasteiger partial charge on any atom is -0.453 e. The van der Waals surface area contributed by atoms with Crippen molar-refractivity contribution in [3.63, 3.8) is 0 Å². The lowest BCUT2D eigenvalue weighted by atomic mass is 10.2. The summed E-state index contributed by atoms with van der Waals surface area (Å²) < 4.78 is 4.81. The summed E-state index contributed by atoms with van der Waals surface area (Å²) in [5, 5.41) is 0. The molecule has 0 unspecified atom stereocenters. The number of nitrogens with zero attached hydrogens (tertiary/aromatic N) is 1. The van der Waals surface area contributed by atoms with Gasteiger partial charge < -0.3 is 9.64 Å². The highest BCUT2D eigenvalue weighted by molar-refractivity contribution is 5.67. The first-order valence-electron chi connectivity index (χ1n) is 5.64. The Morgan fingerprint density at radius 3 is 2.57 bits per heavy atom. The molecular formula is C11H21NO2. The van der Waals surface area contributed by atoms with Gasteiger partial charge in [-0.15, -0.1) is 0 Å². The SMILES string of the molecule is CCCCN(C(=O)OC)C1CCCC1. The summed E-state index contributed by atoms with van der Waals surface area (Å²) in [6.45, 7) is 3.00. The van der Waals surface area contributed by atoms with Gasteiger partial charge in [-0.3, -0.25) is 0 Å². The molecule has 0 spiro atoms. The third-order valence-electron chi connectivity index (χ3n) is 2.93. The van der Waals surface area contributed by atoms with Crippen molar-refractivity contribution in [1.82, 2.24) is 4.90 Å². The van der Waals surface area contributed by atoms with Crippen molar-refractivity contribution in [1.29, 1.82) is 0 Å². The summed E-state index contributed by atoms with van der Waals surface area (Å²) in [7, 11) is 1.47. The Morgan fingerprint density at radius 2 is 2.07 bits per heavy atom. The number of hydrogen-bond acceptors (Lipinski definition) is 2. The van der Waals surface area contributed by atoms with Crippen molar-refractivity contribution in [2.45, 2.75) is 51.5 Å². The molecule has 3 nitrogen and oxygen atoms in total. The second kappa shape index (κ2) is 5.89. The lowest BCUT2D eigenvalue weighted by Gasteiger charge is -2.27. The maximum Gasteiger partial charge on any atom is 0.409 e. The fraction of sp³-hybridized carbons (Fsp3) is 0.909. The molecule has 14 heavy (non-hydrogen) atoms. The van der Waals surface area contributed by atoms with E-state index in [4.69, 9.17) is 4.74 Å². The van der Waals surface area contributed by atoms with E-state index in [0.717, 1.165) is 32.2 Å². The monoisotopic (exact) mass is 199 g/mol. The van der Waals surface area contributed by atoms with Crippen LogP contribution >= 0.6 is 0 Å². The maximum absolute atomic E-state index is 11.5. The Hall–Kier alpha value is -0.730. The summed E-state index contributed by atoms with van der Waals surface area (Å²) in [5.74, 6) is 0. The van der Waals surface area contributed by atoms with E-state index >= 15 is 0 Å². The molecule has 1 fully saturated rings. The van der Waals surface area contributed by atoms with Crippen LogP contribution in [-0.2, 0) is 4.74 Å². The van der Waals surface area contributed by atoms with Crippen molar-refractivity contribution >= 4 is 6.09 Å². The smallest absolute Gasteiger partial charge is 0.409 e. The minimum absolute atomic E-state index is 0.148. The molecule has 0 heterocycles. The highest BCUT2D eigenvalue weighted by Crippen LogP contribution is 2.24. The van der Waals surface area contributed by atoms with Gasteiger partial charge in [-0.2, -0.15) is 0 Å². The Morgan fingerprint density at radius 1 is 1.43 bits per heavy atom. The lowest BCUT2D eigenvalue weighted by molar-refractivity contribution is 0.105. The Bertz CT molecular complexity index is 176. The topological polar surface area (TPSA) is 29.5 Å². The fourth-order valence-corrected chi connectivity index (χ4v) is 2.08. The number of unbranched alkanes of at least 4 members (excludes halogenated alkanes) is 1. The van der Waals surface area contributed by atoms with Crippen LogP contribution in [0.15, 0.2) is 0 Å². The van der Waals surface area contributed by atoms with E-state index in [2.05, 4.69) is 6.92 Å². The van der Waals surface area contributed by atoms with Crippen molar-refractivity contribution in [3.05, 3.63) is 0 Å². The standard InChI is InChI=1S/C11H21NO2/c1-3-4-9-12(11(13)14-2)10-7-5-6-8-10/h10H,3-9H2,1-2H3. The van der Waals surface area contributed by atoms with Gasteiger partial charge in [0.15, 0.2) is 0 Å². The predicted octanol–water partition coefficient (Wildman–Crippen LogP) is 2.80. The molecule has 1 saturated carbocycles. The molecule has 0 radical (unpaired) electrons. The van der Waals surface area contributed by atoms with E-state index in [1.165, 1.54) is 20.0 Å². The normalized spacial score (nSPS) is 17.0. The van der Waals surface area contributed by atoms with Gasteiger partial charge in [0.25, 0.3) is 0 Å². The van der Waals surface area contributed by atoms with Crippen LogP contribution in [0.4, 0.5) is 4.79 Å². The number of rotatable bonds is 4. The maximum atomic E-state index is 11.5. The van der Waals surface area contributed by atoms with Crippen molar-refractivity contribution < 1.29 is 9.53 Å². The van der Waals surface area contributed by atoms with Crippen LogP contribution in [0.2, 0.25) is 0 Å². The van der Waals surface area contributed by atoms with E-state index in [9.17, 15) is 4.79 Å². The molecule has 1 rings (SSSR count). The molecule has 1 amide bonds. The van der Waals surface area contributed by atoms with Crippen LogP contribution in [0, 0.1) is 0 Å². The largest absolute Gasteiger partial charge is 0.453 e. The van der Waals surface area contributed by atoms with Crippen LogP contribution in [0.5, 0.6) is 0 Å². The molecule has 1 aliphatic carbocycles. The zero-order valence-corrected chi connectivity index (χ0v) is 9.29. The number of ether oxygens (including phenoxy) is 1. The second-order valence-corrected chi connectivity index (χ2v) is 3.96. The molecular weight excluding hydrogens is 178 g/mol. The first-order valence-corrected chi connectivity index (χ1v) is 5.64. The predicted molar refractivity (Wildman–Crippen MR) is 56.3 cm³/mol. The number of hydrogen-bond donors (Lipinski definition) is 0. The average Bonchev–Trinajstić information content (AvgIpc) is 2.71. The van der Waals surface area contributed by atoms with Gasteiger partial charge in [0.05, 0.1) is 7.11 Å². The van der Waals surface area contributed by atoms with Crippen molar-refractivity contribution in [3.8, 4) is 0 Å². The van der Waals surface area contributed by atoms with Gasteiger partial charge in [-0.25, -0.2) is 4.79 Å². The molecule has 0 bridgehead atoms. The third kappa shape index (κ3) is 2.89. The van der Waals surface area contributed by atoms with Crippen LogP contribution in [0.3, 0.4) is 0 Å². The second-order valence-electron chi connectivity index (χ2n) is 3.96. The molecule has 0 aromatic heterocycles. The molecule has 82 valence electrons. The molecule has 3 heteroatoms. The third-order valence-corrected chi connectivity index (χ3v) is 2.93. The van der Waals surface area contributed by atoms with Crippen LogP contribution < -0.4 is 0 Å². The van der Waals surface area contributed by atoms with E-state index < -0.39 is 0 Å². The quantitative estimate of drug-likeness (QED) is 0.696. The summed E-state index contributed by atoms with van der Waals surface area (Å²) in [4.78, 5) is 13.4. The molecule has 0 atom stereocenters. The zero-order valence-electron chi connectivity index (χ0n) is 9.29. The van der Waals surface area contributed by atoms with Crippen LogP contribution in [0.25, 0.3) is 0 Å². The summed E-state index contributed by atoms with van der Waals surface area (Å²) in [6, 6.07) is 0.439. The Labute approximate surface area is 86.4 Å². The molecule has 1 aliphatic rings. The Kier molecular flexibility index (Phi) is 4.77. The number of carbonyl (C=O) groups excluding carboxylic acids is 1. The molecule has 0 N–H and O–H groups in total. The van der Waals surface area contributed by atoms with E-state index in [1.807, 2.05) is 4.90 Å². The minimum atomic E-state index is -0.148. The number of carbonyl (C=O) groups is 1.